The maximum absolute atomic E-state index is 5.06. The third-order valence-electron chi connectivity index (χ3n) is 6.26. The smallest absolute Gasteiger partial charge is 0.160 e. The molecule has 0 aliphatic rings. The molecule has 0 bridgehead atoms. The van der Waals surface area contributed by atoms with Gasteiger partial charge in [-0.15, -0.1) is 0 Å². The zero-order valence-electron chi connectivity index (χ0n) is 19.0. The minimum Gasteiger partial charge on any atom is -0.236 e. The first-order valence-electron chi connectivity index (χ1n) is 11.3. The highest BCUT2D eigenvalue weighted by molar-refractivity contribution is 5.97. The lowest BCUT2D eigenvalue weighted by atomic mass is 9.93. The first-order chi connectivity index (χ1) is 16.7. The molecule has 34 heavy (non-hydrogen) atoms. The number of rotatable bonds is 3. The van der Waals surface area contributed by atoms with Crippen molar-refractivity contribution in [1.82, 2.24) is 19.9 Å². The summed E-state index contributed by atoms with van der Waals surface area (Å²) in [7, 11) is 0. The molecule has 6 aromatic rings. The van der Waals surface area contributed by atoms with E-state index >= 15 is 0 Å². The second kappa shape index (κ2) is 8.16. The molecule has 0 aliphatic carbocycles. The van der Waals surface area contributed by atoms with Gasteiger partial charge in [0.1, 0.15) is 6.33 Å². The van der Waals surface area contributed by atoms with Crippen molar-refractivity contribution in [2.45, 2.75) is 13.8 Å². The van der Waals surface area contributed by atoms with E-state index in [0.717, 1.165) is 66.8 Å². The van der Waals surface area contributed by atoms with Gasteiger partial charge in [-0.25, -0.2) is 19.9 Å². The Morgan fingerprint density at radius 1 is 0.529 bits per heavy atom. The molecule has 4 aromatic carbocycles. The van der Waals surface area contributed by atoms with Crippen molar-refractivity contribution in [2.24, 2.45) is 0 Å². The summed E-state index contributed by atoms with van der Waals surface area (Å²) in [5, 5.41) is 2.10. The summed E-state index contributed by atoms with van der Waals surface area (Å²) in [6.45, 7) is 4.28. The lowest BCUT2D eigenvalue weighted by Gasteiger charge is -2.15. The highest BCUT2D eigenvalue weighted by Crippen LogP contribution is 2.36. The van der Waals surface area contributed by atoms with Gasteiger partial charge in [0.25, 0.3) is 0 Å². The van der Waals surface area contributed by atoms with Gasteiger partial charge in [-0.2, -0.15) is 0 Å². The number of benzene rings is 4. The summed E-state index contributed by atoms with van der Waals surface area (Å²) in [6.07, 6.45) is 1.64. The molecule has 0 saturated carbocycles. The van der Waals surface area contributed by atoms with Crippen LogP contribution >= 0.6 is 0 Å². The van der Waals surface area contributed by atoms with Crippen LogP contribution in [-0.2, 0) is 0 Å². The van der Waals surface area contributed by atoms with Crippen LogP contribution in [0.25, 0.3) is 55.7 Å². The Morgan fingerprint density at radius 3 is 1.85 bits per heavy atom. The molecular weight excluding hydrogens is 416 g/mol. The third kappa shape index (κ3) is 3.41. The second-order valence-corrected chi connectivity index (χ2v) is 8.50. The Labute approximate surface area is 198 Å². The van der Waals surface area contributed by atoms with E-state index in [1.54, 1.807) is 6.33 Å². The summed E-state index contributed by atoms with van der Waals surface area (Å²) in [4.78, 5) is 19.0. The number of hydrogen-bond donors (Lipinski definition) is 0. The van der Waals surface area contributed by atoms with Crippen LogP contribution in [0, 0.1) is 13.8 Å². The number of para-hydroxylation sites is 2. The molecule has 0 atom stereocenters. The number of aryl methyl sites for hydroxylation is 2. The molecule has 162 valence electrons. The van der Waals surface area contributed by atoms with Crippen LogP contribution < -0.4 is 0 Å². The topological polar surface area (TPSA) is 51.6 Å². The molecule has 0 spiro atoms. The predicted octanol–water partition coefficient (Wildman–Crippen LogP) is 7.19. The lowest BCUT2D eigenvalue weighted by molar-refractivity contribution is 1.21. The number of nitrogens with zero attached hydrogens (tertiary/aromatic N) is 4. The zero-order chi connectivity index (χ0) is 23.1. The van der Waals surface area contributed by atoms with Crippen LogP contribution in [0.15, 0.2) is 97.3 Å². The minimum absolute atomic E-state index is 0.734. The zero-order valence-corrected chi connectivity index (χ0v) is 19.0. The Bertz CT molecular complexity index is 1670. The largest absolute Gasteiger partial charge is 0.236 e. The van der Waals surface area contributed by atoms with E-state index in [2.05, 4.69) is 66.3 Å². The standard InChI is InChI=1S/C30H22N4/c1-19-17-25(20(2)16-24(19)28-22-12-6-8-14-26(22)31-18-32-28)29-23-13-7-9-15-27(23)33-30(34-29)21-10-4-3-5-11-21/h3-18H,1-2H3. The lowest BCUT2D eigenvalue weighted by Crippen LogP contribution is -1.98. The van der Waals surface area contributed by atoms with Gasteiger partial charge in [0.15, 0.2) is 5.82 Å². The maximum atomic E-state index is 5.06. The highest BCUT2D eigenvalue weighted by Gasteiger charge is 2.16. The summed E-state index contributed by atoms with van der Waals surface area (Å²) in [5.74, 6) is 0.734. The summed E-state index contributed by atoms with van der Waals surface area (Å²) >= 11 is 0. The Balaban J connectivity index is 1.58. The summed E-state index contributed by atoms with van der Waals surface area (Å²) < 4.78 is 0. The van der Waals surface area contributed by atoms with E-state index in [0.29, 0.717) is 0 Å². The molecule has 0 radical (unpaired) electrons. The van der Waals surface area contributed by atoms with E-state index in [-0.39, 0.29) is 0 Å². The molecule has 4 heteroatoms. The molecule has 0 N–H and O–H groups in total. The Morgan fingerprint density at radius 2 is 1.12 bits per heavy atom. The fourth-order valence-electron chi connectivity index (χ4n) is 4.54. The summed E-state index contributed by atoms with van der Waals surface area (Å²) in [6, 6.07) is 30.9. The van der Waals surface area contributed by atoms with Crippen molar-refractivity contribution in [1.29, 1.82) is 0 Å². The van der Waals surface area contributed by atoms with Crippen LogP contribution in [-0.4, -0.2) is 19.9 Å². The van der Waals surface area contributed by atoms with Gasteiger partial charge < -0.3 is 0 Å². The van der Waals surface area contributed by atoms with Crippen LogP contribution in [0.2, 0.25) is 0 Å². The van der Waals surface area contributed by atoms with Crippen molar-refractivity contribution >= 4 is 21.8 Å². The first-order valence-corrected chi connectivity index (χ1v) is 11.3. The van der Waals surface area contributed by atoms with E-state index in [1.165, 1.54) is 0 Å². The van der Waals surface area contributed by atoms with Gasteiger partial charge in [-0.3, -0.25) is 0 Å². The quantitative estimate of drug-likeness (QED) is 0.293. The average molecular weight is 439 g/mol. The van der Waals surface area contributed by atoms with Crippen LogP contribution in [0.4, 0.5) is 0 Å². The van der Waals surface area contributed by atoms with Crippen molar-refractivity contribution in [3.8, 4) is 33.9 Å². The van der Waals surface area contributed by atoms with Gasteiger partial charge in [-0.05, 0) is 49.2 Å². The van der Waals surface area contributed by atoms with Crippen LogP contribution in [0.3, 0.4) is 0 Å². The second-order valence-electron chi connectivity index (χ2n) is 8.50. The SMILES string of the molecule is Cc1cc(-c2nc(-c3ccccc3)nc3ccccc23)c(C)cc1-c1ncnc2ccccc12. The molecule has 0 fully saturated rings. The fraction of sp³-hybridized carbons (Fsp3) is 0.0667. The monoisotopic (exact) mass is 438 g/mol. The van der Waals surface area contributed by atoms with Crippen LogP contribution in [0.5, 0.6) is 0 Å². The van der Waals surface area contributed by atoms with Gasteiger partial charge in [0, 0.05) is 27.5 Å². The minimum atomic E-state index is 0.734. The van der Waals surface area contributed by atoms with Gasteiger partial charge in [0.05, 0.1) is 22.4 Å². The Hall–Kier alpha value is -4.44. The van der Waals surface area contributed by atoms with Gasteiger partial charge >= 0.3 is 0 Å². The molecule has 4 nitrogen and oxygen atoms in total. The number of hydrogen-bond acceptors (Lipinski definition) is 4. The molecule has 2 heterocycles. The fourth-order valence-corrected chi connectivity index (χ4v) is 4.54. The molecule has 0 amide bonds. The molecule has 2 aromatic heterocycles. The van der Waals surface area contributed by atoms with Crippen molar-refractivity contribution in [2.75, 3.05) is 0 Å². The normalized spacial score (nSPS) is 11.2. The number of fused-ring (bicyclic) bond motifs is 2. The van der Waals surface area contributed by atoms with Crippen molar-refractivity contribution in [3.05, 3.63) is 108 Å². The number of aromatic nitrogens is 4. The van der Waals surface area contributed by atoms with Crippen molar-refractivity contribution in [3.63, 3.8) is 0 Å². The molecule has 0 aliphatic heterocycles. The van der Waals surface area contributed by atoms with E-state index in [1.807, 2.05) is 48.5 Å². The average Bonchev–Trinajstić information content (AvgIpc) is 2.89. The van der Waals surface area contributed by atoms with Gasteiger partial charge in [0.2, 0.25) is 0 Å². The first kappa shape index (κ1) is 20.2. The molecule has 0 unspecified atom stereocenters. The Kier molecular flexibility index (Phi) is 4.84. The summed E-state index contributed by atoms with van der Waals surface area (Å²) in [5.41, 5.74) is 9.31. The molecular formula is C30H22N4. The highest BCUT2D eigenvalue weighted by atomic mass is 14.9. The third-order valence-corrected chi connectivity index (χ3v) is 6.26. The van der Waals surface area contributed by atoms with Crippen LogP contribution in [0.1, 0.15) is 11.1 Å². The molecule has 0 saturated heterocycles. The molecule has 6 rings (SSSR count). The van der Waals surface area contributed by atoms with Crippen molar-refractivity contribution < 1.29 is 0 Å². The van der Waals surface area contributed by atoms with E-state index in [4.69, 9.17) is 9.97 Å². The maximum Gasteiger partial charge on any atom is 0.160 e. The van der Waals surface area contributed by atoms with E-state index in [9.17, 15) is 0 Å². The predicted molar refractivity (Wildman–Crippen MR) is 138 cm³/mol. The van der Waals surface area contributed by atoms with E-state index < -0.39 is 0 Å². The van der Waals surface area contributed by atoms with Gasteiger partial charge in [-0.1, -0.05) is 66.7 Å².